The van der Waals surface area contributed by atoms with Crippen molar-refractivity contribution < 1.29 is 4.79 Å². The van der Waals surface area contributed by atoms with Crippen molar-refractivity contribution in [3.8, 4) is 0 Å². The first-order valence-corrected chi connectivity index (χ1v) is 8.97. The number of rotatable bonds is 6. The van der Waals surface area contributed by atoms with Crippen molar-refractivity contribution in [3.05, 3.63) is 66.5 Å². The predicted molar refractivity (Wildman–Crippen MR) is 100 cm³/mol. The molecule has 1 N–H and O–H groups in total. The van der Waals surface area contributed by atoms with Crippen molar-refractivity contribution in [2.45, 2.75) is 6.42 Å². The maximum atomic E-state index is 11.9. The quantitative estimate of drug-likeness (QED) is 0.827. The van der Waals surface area contributed by atoms with Crippen LogP contribution in [0.4, 0.5) is 5.69 Å². The molecule has 2 atom stereocenters. The van der Waals surface area contributed by atoms with Crippen LogP contribution < -0.4 is 10.2 Å². The predicted octanol–water partition coefficient (Wildman–Crippen LogP) is 2.98. The molecule has 2 fully saturated rings. The minimum Gasteiger partial charge on any atom is -0.371 e. The van der Waals surface area contributed by atoms with Crippen LogP contribution in [0, 0.1) is 17.8 Å². The summed E-state index contributed by atoms with van der Waals surface area (Å²) in [4.78, 5) is 18.4. The van der Waals surface area contributed by atoms with Gasteiger partial charge in [-0.25, -0.2) is 0 Å². The van der Waals surface area contributed by atoms with Crippen molar-refractivity contribution in [2.75, 3.05) is 24.5 Å². The normalized spacial score (nSPS) is 24.3. The van der Waals surface area contributed by atoms with Gasteiger partial charge >= 0.3 is 0 Å². The molecule has 4 nitrogen and oxygen atoms in total. The van der Waals surface area contributed by atoms with E-state index in [9.17, 15) is 4.79 Å². The molecule has 1 aliphatic carbocycles. The third-order valence-corrected chi connectivity index (χ3v) is 5.38. The molecule has 128 valence electrons. The summed E-state index contributed by atoms with van der Waals surface area (Å²) in [7, 11) is 0. The number of fused-ring (bicyclic) bond motifs is 1. The topological polar surface area (TPSA) is 45.2 Å². The van der Waals surface area contributed by atoms with Gasteiger partial charge in [-0.3, -0.25) is 9.78 Å². The molecule has 4 heteroatoms. The highest BCUT2D eigenvalue weighted by atomic mass is 16.1. The number of hydrogen-bond donors (Lipinski definition) is 1. The summed E-state index contributed by atoms with van der Waals surface area (Å²) in [6.45, 7) is 3.08. The third kappa shape index (κ3) is 3.73. The highest BCUT2D eigenvalue weighted by Gasteiger charge is 2.54. The van der Waals surface area contributed by atoms with Gasteiger partial charge in [-0.2, -0.15) is 0 Å². The average Bonchev–Trinajstić information content (AvgIpc) is 3.11. The van der Waals surface area contributed by atoms with Crippen molar-refractivity contribution in [1.82, 2.24) is 10.3 Å². The number of para-hydroxylation sites is 1. The number of carbonyl (C=O) groups is 1. The zero-order chi connectivity index (χ0) is 17.1. The summed E-state index contributed by atoms with van der Waals surface area (Å²) in [6, 6.07) is 14.4. The average molecular weight is 333 g/mol. The molecule has 2 unspecified atom stereocenters. The summed E-state index contributed by atoms with van der Waals surface area (Å²) < 4.78 is 0. The Morgan fingerprint density at radius 1 is 1.16 bits per heavy atom. The number of pyridine rings is 1. The lowest BCUT2D eigenvalue weighted by molar-refractivity contribution is -0.116. The summed E-state index contributed by atoms with van der Waals surface area (Å²) in [5.41, 5.74) is 2.28. The van der Waals surface area contributed by atoms with Gasteiger partial charge in [-0.05, 0) is 54.0 Å². The van der Waals surface area contributed by atoms with E-state index in [0.29, 0.717) is 0 Å². The molecule has 0 radical (unpaired) electrons. The van der Waals surface area contributed by atoms with Gasteiger partial charge in [0.1, 0.15) is 0 Å². The van der Waals surface area contributed by atoms with Gasteiger partial charge < -0.3 is 10.2 Å². The summed E-state index contributed by atoms with van der Waals surface area (Å²) >= 11 is 0. The third-order valence-electron chi connectivity index (χ3n) is 5.38. The molecule has 1 aromatic heterocycles. The Bertz CT molecular complexity index is 732. The molecule has 25 heavy (non-hydrogen) atoms. The second-order valence-electron chi connectivity index (χ2n) is 6.93. The van der Waals surface area contributed by atoms with E-state index in [1.54, 1.807) is 24.5 Å². The number of amides is 1. The number of nitrogens with one attached hydrogen (secondary N) is 1. The molecular formula is C21H23N3O. The Hall–Kier alpha value is -2.62. The van der Waals surface area contributed by atoms with Crippen LogP contribution in [0.1, 0.15) is 12.0 Å². The van der Waals surface area contributed by atoms with Crippen LogP contribution in [0.5, 0.6) is 0 Å². The smallest absolute Gasteiger partial charge is 0.244 e. The molecule has 1 saturated heterocycles. The Morgan fingerprint density at radius 2 is 1.96 bits per heavy atom. The maximum Gasteiger partial charge on any atom is 0.244 e. The van der Waals surface area contributed by atoms with Crippen molar-refractivity contribution in [1.29, 1.82) is 0 Å². The fourth-order valence-corrected chi connectivity index (χ4v) is 3.99. The van der Waals surface area contributed by atoms with Crippen LogP contribution in [0.2, 0.25) is 0 Å². The van der Waals surface area contributed by atoms with E-state index in [-0.39, 0.29) is 5.91 Å². The number of nitrogens with zero attached hydrogens (tertiary/aromatic N) is 2. The van der Waals surface area contributed by atoms with E-state index in [1.165, 1.54) is 5.69 Å². The Balaban J connectivity index is 1.17. The fourth-order valence-electron chi connectivity index (χ4n) is 3.99. The SMILES string of the molecule is O=C(/C=C/c1cccnc1)NCCC1C2CN(c3ccccc3)CC12. The highest BCUT2D eigenvalue weighted by molar-refractivity contribution is 5.91. The molecule has 1 saturated carbocycles. The Morgan fingerprint density at radius 3 is 2.68 bits per heavy atom. The lowest BCUT2D eigenvalue weighted by Crippen LogP contribution is -2.26. The molecule has 0 spiro atoms. The summed E-state index contributed by atoms with van der Waals surface area (Å²) in [5.74, 6) is 2.37. The van der Waals surface area contributed by atoms with E-state index < -0.39 is 0 Å². The maximum absolute atomic E-state index is 11.9. The minimum absolute atomic E-state index is 0.0272. The van der Waals surface area contributed by atoms with Gasteiger partial charge in [0, 0.05) is 43.8 Å². The van der Waals surface area contributed by atoms with Crippen LogP contribution in [-0.2, 0) is 4.79 Å². The lowest BCUT2D eigenvalue weighted by Gasteiger charge is -2.21. The van der Waals surface area contributed by atoms with Gasteiger partial charge in [-0.15, -0.1) is 0 Å². The molecule has 2 aliphatic rings. The number of aromatic nitrogens is 1. The van der Waals surface area contributed by atoms with Gasteiger partial charge in [-0.1, -0.05) is 24.3 Å². The Kier molecular flexibility index (Phi) is 4.51. The van der Waals surface area contributed by atoms with Gasteiger partial charge in [0.25, 0.3) is 0 Å². The minimum atomic E-state index is -0.0272. The first-order chi connectivity index (χ1) is 12.3. The van der Waals surface area contributed by atoms with Gasteiger partial charge in [0.05, 0.1) is 0 Å². The van der Waals surface area contributed by atoms with E-state index in [1.807, 2.05) is 12.1 Å². The van der Waals surface area contributed by atoms with E-state index in [2.05, 4.69) is 45.5 Å². The summed E-state index contributed by atoms with van der Waals surface area (Å²) in [6.07, 6.45) is 7.94. The van der Waals surface area contributed by atoms with Crippen LogP contribution in [0.3, 0.4) is 0 Å². The number of hydrogen-bond acceptors (Lipinski definition) is 3. The molecular weight excluding hydrogens is 310 g/mol. The van der Waals surface area contributed by atoms with Crippen molar-refractivity contribution >= 4 is 17.7 Å². The Labute approximate surface area is 148 Å². The molecule has 2 heterocycles. The van der Waals surface area contributed by atoms with Gasteiger partial charge in [0.15, 0.2) is 0 Å². The highest BCUT2D eigenvalue weighted by Crippen LogP contribution is 2.54. The van der Waals surface area contributed by atoms with E-state index in [0.717, 1.165) is 49.4 Å². The first kappa shape index (κ1) is 15.9. The first-order valence-electron chi connectivity index (χ1n) is 8.97. The lowest BCUT2D eigenvalue weighted by atomic mass is 10.2. The fraction of sp³-hybridized carbons (Fsp3) is 0.333. The van der Waals surface area contributed by atoms with Crippen LogP contribution in [-0.4, -0.2) is 30.5 Å². The van der Waals surface area contributed by atoms with Crippen LogP contribution in [0.15, 0.2) is 60.9 Å². The number of benzene rings is 1. The number of piperidine rings is 1. The molecule has 4 rings (SSSR count). The van der Waals surface area contributed by atoms with Crippen molar-refractivity contribution in [2.24, 2.45) is 17.8 Å². The largest absolute Gasteiger partial charge is 0.371 e. The monoisotopic (exact) mass is 333 g/mol. The van der Waals surface area contributed by atoms with Crippen LogP contribution >= 0.6 is 0 Å². The number of anilines is 1. The number of carbonyl (C=O) groups excluding carboxylic acids is 1. The molecule has 0 bridgehead atoms. The standard InChI is InChI=1S/C21H23N3O/c25-21(9-8-16-5-4-11-22-13-16)23-12-10-18-19-14-24(15-20(18)19)17-6-2-1-3-7-17/h1-9,11,13,18-20H,10,12,14-15H2,(H,23,25)/b9-8+. The molecule has 1 aromatic carbocycles. The zero-order valence-electron chi connectivity index (χ0n) is 14.2. The molecule has 1 amide bonds. The van der Waals surface area contributed by atoms with Crippen LogP contribution in [0.25, 0.3) is 6.08 Å². The zero-order valence-corrected chi connectivity index (χ0v) is 14.2. The second-order valence-corrected chi connectivity index (χ2v) is 6.93. The van der Waals surface area contributed by atoms with E-state index >= 15 is 0 Å². The second kappa shape index (κ2) is 7.09. The van der Waals surface area contributed by atoms with Crippen molar-refractivity contribution in [3.63, 3.8) is 0 Å². The molecule has 2 aromatic rings. The molecule has 1 aliphatic heterocycles. The van der Waals surface area contributed by atoms with E-state index in [4.69, 9.17) is 0 Å². The summed E-state index contributed by atoms with van der Waals surface area (Å²) in [5, 5.41) is 3.00. The van der Waals surface area contributed by atoms with Gasteiger partial charge in [0.2, 0.25) is 5.91 Å².